The number of likely N-dealkylation sites (tertiary alicyclic amines) is 1. The van der Waals surface area contributed by atoms with E-state index in [-0.39, 0.29) is 18.4 Å². The minimum Gasteiger partial charge on any atom is -0.445 e. The van der Waals surface area contributed by atoms with E-state index in [9.17, 15) is 9.59 Å². The largest absolute Gasteiger partial charge is 0.445 e. The Labute approximate surface area is 138 Å². The summed E-state index contributed by atoms with van der Waals surface area (Å²) >= 11 is 6.55. The second-order valence-electron chi connectivity index (χ2n) is 5.30. The van der Waals surface area contributed by atoms with Gasteiger partial charge >= 0.3 is 6.09 Å². The Balaban J connectivity index is 2.20. The standard InChI is InChI=1S/C14H19N3O3S2/c1-4-5-20-14(19)17-7-9(10-8-22-13(21)15-10)6-11(17)12(18)16(2)3/h4,8-9,11H,1,5-7H2,2-3H3,(H,15,21)/t9-,11+/m1/s1. The van der Waals surface area contributed by atoms with E-state index in [0.29, 0.717) is 16.9 Å². The molecule has 0 spiro atoms. The molecule has 0 aromatic carbocycles. The summed E-state index contributed by atoms with van der Waals surface area (Å²) in [6.07, 6.45) is 1.57. The number of aromatic nitrogens is 1. The number of aromatic amines is 1. The molecule has 1 fully saturated rings. The predicted molar refractivity (Wildman–Crippen MR) is 87.6 cm³/mol. The van der Waals surface area contributed by atoms with E-state index in [1.807, 2.05) is 5.38 Å². The molecule has 0 bridgehead atoms. The van der Waals surface area contributed by atoms with Gasteiger partial charge in [-0.15, -0.1) is 11.3 Å². The maximum atomic E-state index is 12.3. The SMILES string of the molecule is C=CCOC(=O)N1C[C@H](c2csc(=S)[nH]2)C[C@H]1C(=O)N(C)C. The molecule has 8 heteroatoms. The highest BCUT2D eigenvalue weighted by atomic mass is 32.1. The molecular weight excluding hydrogens is 322 g/mol. The normalized spacial score (nSPS) is 20.7. The zero-order valence-corrected chi connectivity index (χ0v) is 14.2. The Bertz CT molecular complexity index is 623. The fraction of sp³-hybridized carbons (Fsp3) is 0.500. The number of thiazole rings is 1. The van der Waals surface area contributed by atoms with Crippen molar-refractivity contribution >= 4 is 35.6 Å². The molecule has 2 rings (SSSR count). The molecule has 1 saturated heterocycles. The summed E-state index contributed by atoms with van der Waals surface area (Å²) < 4.78 is 5.79. The van der Waals surface area contributed by atoms with Crippen molar-refractivity contribution in [1.29, 1.82) is 0 Å². The molecule has 2 heterocycles. The van der Waals surface area contributed by atoms with Crippen molar-refractivity contribution in [3.63, 3.8) is 0 Å². The maximum absolute atomic E-state index is 12.3. The second kappa shape index (κ2) is 7.06. The first-order valence-electron chi connectivity index (χ1n) is 6.87. The number of rotatable bonds is 4. The van der Waals surface area contributed by atoms with Crippen molar-refractivity contribution in [2.75, 3.05) is 27.2 Å². The van der Waals surface area contributed by atoms with Crippen molar-refractivity contribution in [3.05, 3.63) is 27.7 Å². The highest BCUT2D eigenvalue weighted by molar-refractivity contribution is 7.73. The van der Waals surface area contributed by atoms with Crippen molar-refractivity contribution < 1.29 is 14.3 Å². The molecular formula is C14H19N3O3S2. The maximum Gasteiger partial charge on any atom is 0.410 e. The van der Waals surface area contributed by atoms with Crippen molar-refractivity contribution in [3.8, 4) is 0 Å². The van der Waals surface area contributed by atoms with Crippen molar-refractivity contribution in [1.82, 2.24) is 14.8 Å². The van der Waals surface area contributed by atoms with Gasteiger partial charge in [0.25, 0.3) is 0 Å². The molecule has 1 aliphatic rings. The smallest absolute Gasteiger partial charge is 0.410 e. The number of H-pyrrole nitrogens is 1. The molecule has 0 saturated carbocycles. The predicted octanol–water partition coefficient (Wildman–Crippen LogP) is 2.37. The Morgan fingerprint density at radius 3 is 2.91 bits per heavy atom. The van der Waals surface area contributed by atoms with Crippen molar-refractivity contribution in [2.45, 2.75) is 18.4 Å². The van der Waals surface area contributed by atoms with Gasteiger partial charge in [-0.1, -0.05) is 12.7 Å². The molecule has 0 radical (unpaired) electrons. The molecule has 1 N–H and O–H groups in total. The summed E-state index contributed by atoms with van der Waals surface area (Å²) in [7, 11) is 3.36. The molecule has 120 valence electrons. The monoisotopic (exact) mass is 341 g/mol. The minimum absolute atomic E-state index is 0.0538. The van der Waals surface area contributed by atoms with Crippen LogP contribution in [-0.2, 0) is 9.53 Å². The summed E-state index contributed by atoms with van der Waals surface area (Å²) in [6, 6.07) is -0.515. The molecule has 1 aliphatic heterocycles. The zero-order chi connectivity index (χ0) is 16.3. The fourth-order valence-electron chi connectivity index (χ4n) is 2.50. The summed E-state index contributed by atoms with van der Waals surface area (Å²) in [5, 5.41) is 1.95. The first-order chi connectivity index (χ1) is 10.4. The Morgan fingerprint density at radius 1 is 1.64 bits per heavy atom. The Hall–Kier alpha value is -1.67. The van der Waals surface area contributed by atoms with E-state index in [2.05, 4.69) is 11.6 Å². The summed E-state index contributed by atoms with van der Waals surface area (Å²) in [6.45, 7) is 4.08. The van der Waals surface area contributed by atoms with Gasteiger partial charge in [-0.05, 0) is 18.6 Å². The van der Waals surface area contributed by atoms with Gasteiger partial charge in [-0.25, -0.2) is 4.79 Å². The van der Waals surface area contributed by atoms with E-state index >= 15 is 0 Å². The van der Waals surface area contributed by atoms with E-state index in [1.54, 1.807) is 14.1 Å². The van der Waals surface area contributed by atoms with E-state index in [4.69, 9.17) is 17.0 Å². The second-order valence-corrected chi connectivity index (χ2v) is 6.85. The summed E-state index contributed by atoms with van der Waals surface area (Å²) in [4.78, 5) is 30.6. The van der Waals surface area contributed by atoms with Gasteiger partial charge in [-0.2, -0.15) is 0 Å². The van der Waals surface area contributed by atoms with E-state index in [0.717, 1.165) is 5.69 Å². The lowest BCUT2D eigenvalue weighted by Gasteiger charge is -2.25. The van der Waals surface area contributed by atoms with Gasteiger partial charge in [0.05, 0.1) is 0 Å². The van der Waals surface area contributed by atoms with Crippen molar-refractivity contribution in [2.24, 2.45) is 0 Å². The third-order valence-electron chi connectivity index (χ3n) is 3.57. The van der Waals surface area contributed by atoms with Crippen LogP contribution in [0.1, 0.15) is 18.0 Å². The highest BCUT2D eigenvalue weighted by Crippen LogP contribution is 2.33. The van der Waals surface area contributed by atoms with Crippen LogP contribution < -0.4 is 0 Å². The average molecular weight is 341 g/mol. The highest BCUT2D eigenvalue weighted by Gasteiger charge is 2.42. The first kappa shape index (κ1) is 16.7. The van der Waals surface area contributed by atoms with E-state index < -0.39 is 12.1 Å². The number of likely N-dealkylation sites (N-methyl/N-ethyl adjacent to an activating group) is 1. The van der Waals surface area contributed by atoms with Gasteiger partial charge in [0.2, 0.25) is 5.91 Å². The number of carbonyl (C=O) groups excluding carboxylic acids is 2. The number of hydrogen-bond donors (Lipinski definition) is 1. The Kier molecular flexibility index (Phi) is 5.36. The minimum atomic E-state index is -0.515. The third kappa shape index (κ3) is 3.56. The molecule has 2 atom stereocenters. The van der Waals surface area contributed by atoms with Crippen LogP contribution in [-0.4, -0.2) is 60.1 Å². The van der Waals surface area contributed by atoms with Gasteiger partial charge in [-0.3, -0.25) is 9.69 Å². The van der Waals surface area contributed by atoms with Crippen LogP contribution in [0.4, 0.5) is 4.79 Å². The van der Waals surface area contributed by atoms with E-state index in [1.165, 1.54) is 27.2 Å². The number of ether oxygens (including phenoxy) is 1. The van der Waals surface area contributed by atoms with Gasteiger partial charge in [0.1, 0.15) is 12.6 Å². The number of nitrogens with zero attached hydrogens (tertiary/aromatic N) is 2. The van der Waals surface area contributed by atoms with Gasteiger partial charge < -0.3 is 14.6 Å². The van der Waals surface area contributed by atoms with Gasteiger partial charge in [0, 0.05) is 37.6 Å². The molecule has 2 amide bonds. The van der Waals surface area contributed by atoms with Crippen LogP contribution in [0.25, 0.3) is 0 Å². The van der Waals surface area contributed by atoms with Crippen LogP contribution in [0.5, 0.6) is 0 Å². The van der Waals surface area contributed by atoms with Crippen LogP contribution in [0, 0.1) is 3.95 Å². The lowest BCUT2D eigenvalue weighted by Crippen LogP contribution is -2.45. The quantitative estimate of drug-likeness (QED) is 0.674. The zero-order valence-electron chi connectivity index (χ0n) is 12.6. The fourth-order valence-corrected chi connectivity index (χ4v) is 3.42. The number of carbonyl (C=O) groups is 2. The Morgan fingerprint density at radius 2 is 2.36 bits per heavy atom. The molecule has 0 aliphatic carbocycles. The molecule has 0 unspecified atom stereocenters. The van der Waals surface area contributed by atoms with Crippen LogP contribution in [0.2, 0.25) is 0 Å². The van der Waals surface area contributed by atoms with Crippen LogP contribution in [0.3, 0.4) is 0 Å². The molecule has 22 heavy (non-hydrogen) atoms. The first-order valence-corrected chi connectivity index (χ1v) is 8.16. The number of hydrogen-bond acceptors (Lipinski definition) is 5. The molecule has 6 nitrogen and oxygen atoms in total. The third-order valence-corrected chi connectivity index (χ3v) is 4.64. The summed E-state index contributed by atoms with van der Waals surface area (Å²) in [5.74, 6) is -0.0509. The number of nitrogens with one attached hydrogen (secondary N) is 1. The topological polar surface area (TPSA) is 65.6 Å². The van der Waals surface area contributed by atoms with Gasteiger partial charge in [0.15, 0.2) is 3.95 Å². The molecule has 1 aromatic heterocycles. The lowest BCUT2D eigenvalue weighted by atomic mass is 10.0. The molecule has 1 aromatic rings. The average Bonchev–Trinajstić information content (AvgIpc) is 3.09. The summed E-state index contributed by atoms with van der Waals surface area (Å²) in [5.41, 5.74) is 0.963. The van der Waals surface area contributed by atoms with Crippen LogP contribution >= 0.6 is 23.6 Å². The number of amides is 2. The lowest BCUT2D eigenvalue weighted by molar-refractivity contribution is -0.132. The van der Waals surface area contributed by atoms with Crippen LogP contribution in [0.15, 0.2) is 18.0 Å².